The second kappa shape index (κ2) is 5.85. The summed E-state index contributed by atoms with van der Waals surface area (Å²) in [4.78, 5) is 16.3. The molecule has 110 valence electrons. The van der Waals surface area contributed by atoms with Crippen molar-refractivity contribution < 1.29 is 9.53 Å². The third-order valence-corrected chi connectivity index (χ3v) is 3.63. The van der Waals surface area contributed by atoms with Crippen LogP contribution < -0.4 is 5.32 Å². The molecular weight excluding hydrogens is 276 g/mol. The molecule has 1 aliphatic rings. The maximum absolute atomic E-state index is 11.6. The summed E-state index contributed by atoms with van der Waals surface area (Å²) in [5, 5.41) is 3.89. The van der Waals surface area contributed by atoms with Gasteiger partial charge in [-0.15, -0.1) is 0 Å². The van der Waals surface area contributed by atoms with Crippen molar-refractivity contribution in [2.75, 3.05) is 0 Å². The van der Waals surface area contributed by atoms with Crippen molar-refractivity contribution in [3.8, 4) is 0 Å². The number of nitrogens with zero attached hydrogens (tertiary/aromatic N) is 1. The Morgan fingerprint density at radius 3 is 2.77 bits per heavy atom. The fraction of sp³-hybridized carbons (Fsp3) is 0.111. The van der Waals surface area contributed by atoms with E-state index in [-0.39, 0.29) is 6.04 Å². The van der Waals surface area contributed by atoms with Crippen molar-refractivity contribution in [1.82, 2.24) is 10.3 Å². The molecule has 22 heavy (non-hydrogen) atoms. The summed E-state index contributed by atoms with van der Waals surface area (Å²) in [6.07, 6.45) is 3.29. The highest BCUT2D eigenvalue weighted by Gasteiger charge is 2.26. The second-order valence-corrected chi connectivity index (χ2v) is 5.01. The van der Waals surface area contributed by atoms with Crippen LogP contribution in [0, 0.1) is 0 Å². The summed E-state index contributed by atoms with van der Waals surface area (Å²) in [5.41, 5.74) is 2.64. The van der Waals surface area contributed by atoms with E-state index in [9.17, 15) is 4.79 Å². The van der Waals surface area contributed by atoms with Crippen molar-refractivity contribution >= 4 is 17.0 Å². The number of para-hydroxylation sites is 1. The number of cyclic esters (lactones) is 1. The molecule has 1 atom stereocenters. The number of nitrogens with one attached hydrogen (secondary N) is 1. The van der Waals surface area contributed by atoms with Gasteiger partial charge in [0.2, 0.25) is 0 Å². The van der Waals surface area contributed by atoms with Gasteiger partial charge in [-0.05, 0) is 18.2 Å². The quantitative estimate of drug-likeness (QED) is 0.938. The molecule has 1 amide bonds. The summed E-state index contributed by atoms with van der Waals surface area (Å²) in [7, 11) is 0. The topological polar surface area (TPSA) is 51.2 Å². The van der Waals surface area contributed by atoms with Crippen LogP contribution in [0.3, 0.4) is 0 Å². The molecular formula is C18H16N2O2. The highest BCUT2D eigenvalue weighted by Crippen LogP contribution is 2.22. The Kier molecular flexibility index (Phi) is 3.74. The summed E-state index contributed by atoms with van der Waals surface area (Å²) in [6, 6.07) is 11.7. The molecule has 0 radical (unpaired) electrons. The van der Waals surface area contributed by atoms with E-state index in [4.69, 9.17) is 4.74 Å². The minimum atomic E-state index is -0.480. The first-order chi connectivity index (χ1) is 10.7. The molecule has 0 aliphatic carbocycles. The van der Waals surface area contributed by atoms with Crippen molar-refractivity contribution in [3.63, 3.8) is 0 Å². The number of benzene rings is 1. The average Bonchev–Trinajstić information content (AvgIpc) is 2.54. The van der Waals surface area contributed by atoms with E-state index < -0.39 is 6.09 Å². The van der Waals surface area contributed by atoms with Gasteiger partial charge >= 0.3 is 6.09 Å². The zero-order valence-corrected chi connectivity index (χ0v) is 12.1. The van der Waals surface area contributed by atoms with Crippen molar-refractivity contribution in [3.05, 3.63) is 78.7 Å². The van der Waals surface area contributed by atoms with E-state index in [1.807, 2.05) is 36.4 Å². The van der Waals surface area contributed by atoms with Gasteiger partial charge in [0.15, 0.2) is 0 Å². The summed E-state index contributed by atoms with van der Waals surface area (Å²) >= 11 is 0. The molecule has 4 nitrogen and oxygen atoms in total. The Hall–Kier alpha value is -2.88. The molecule has 2 aromatic rings. The van der Waals surface area contributed by atoms with Gasteiger partial charge in [0, 0.05) is 23.1 Å². The number of ether oxygens (including phenoxy) is 1. The van der Waals surface area contributed by atoms with Crippen LogP contribution in [0.25, 0.3) is 10.9 Å². The van der Waals surface area contributed by atoms with Gasteiger partial charge in [-0.25, -0.2) is 4.79 Å². The lowest BCUT2D eigenvalue weighted by molar-refractivity contribution is 0.167. The van der Waals surface area contributed by atoms with E-state index in [1.54, 1.807) is 6.08 Å². The van der Waals surface area contributed by atoms with Crippen LogP contribution in [0.2, 0.25) is 0 Å². The maximum Gasteiger partial charge on any atom is 0.413 e. The Balaban J connectivity index is 1.94. The van der Waals surface area contributed by atoms with Gasteiger partial charge in [0.05, 0.1) is 11.6 Å². The van der Waals surface area contributed by atoms with E-state index in [2.05, 4.69) is 23.5 Å². The molecule has 0 bridgehead atoms. The average molecular weight is 292 g/mol. The fourth-order valence-corrected chi connectivity index (χ4v) is 2.57. The number of rotatable bonds is 4. The zero-order valence-electron chi connectivity index (χ0n) is 12.1. The molecule has 0 unspecified atom stereocenters. The third kappa shape index (κ3) is 2.63. The van der Waals surface area contributed by atoms with Crippen LogP contribution >= 0.6 is 0 Å². The largest absolute Gasteiger partial charge is 0.413 e. The highest BCUT2D eigenvalue weighted by molar-refractivity contribution is 5.78. The molecule has 0 fully saturated rings. The predicted molar refractivity (Wildman–Crippen MR) is 86.3 cm³/mol. The van der Waals surface area contributed by atoms with Gasteiger partial charge in [-0.2, -0.15) is 0 Å². The molecule has 2 heterocycles. The normalized spacial score (nSPS) is 17.8. The standard InChI is InChI=1S/C18H16N2O2/c1-3-14-16(20-18(21)22-17(14)4-2)11-13-10-9-12-7-5-6-8-15(12)19-13/h3-10,16H,1-2,11H2,(H,20,21)/t16-/m1/s1. The molecule has 0 saturated carbocycles. The number of fused-ring (bicyclic) bond motifs is 1. The monoisotopic (exact) mass is 292 g/mol. The number of alkyl carbamates (subject to hydrolysis) is 1. The highest BCUT2D eigenvalue weighted by atomic mass is 16.6. The molecule has 1 aliphatic heterocycles. The second-order valence-electron chi connectivity index (χ2n) is 5.01. The van der Waals surface area contributed by atoms with Gasteiger partial charge in [-0.1, -0.05) is 43.5 Å². The Bertz CT molecular complexity index is 793. The summed E-state index contributed by atoms with van der Waals surface area (Å²) in [5.74, 6) is 0.449. The smallest absolute Gasteiger partial charge is 0.410 e. The Labute approximate surface area is 128 Å². The van der Waals surface area contributed by atoms with Gasteiger partial charge < -0.3 is 10.1 Å². The van der Waals surface area contributed by atoms with Gasteiger partial charge in [0.25, 0.3) is 0 Å². The Morgan fingerprint density at radius 1 is 1.18 bits per heavy atom. The number of pyridine rings is 1. The number of amides is 1. The van der Waals surface area contributed by atoms with Crippen molar-refractivity contribution in [2.24, 2.45) is 0 Å². The van der Waals surface area contributed by atoms with E-state index in [0.29, 0.717) is 12.2 Å². The SMILES string of the molecule is C=CC1=C(C=C)[C@@H](Cc2ccc3ccccc3n2)NC(=O)O1. The molecule has 1 aromatic carbocycles. The lowest BCUT2D eigenvalue weighted by atomic mass is 9.99. The van der Waals surface area contributed by atoms with Crippen LogP contribution in [0.4, 0.5) is 4.79 Å². The molecule has 0 spiro atoms. The molecule has 1 N–H and O–H groups in total. The Morgan fingerprint density at radius 2 is 2.00 bits per heavy atom. The van der Waals surface area contributed by atoms with E-state index >= 15 is 0 Å². The molecule has 1 aromatic heterocycles. The van der Waals surface area contributed by atoms with Crippen molar-refractivity contribution in [1.29, 1.82) is 0 Å². The lowest BCUT2D eigenvalue weighted by Crippen LogP contribution is -2.42. The number of aromatic nitrogens is 1. The first kappa shape index (κ1) is 14.1. The van der Waals surface area contributed by atoms with Gasteiger partial charge in [-0.3, -0.25) is 4.98 Å². The van der Waals surface area contributed by atoms with Crippen LogP contribution in [0.1, 0.15) is 5.69 Å². The summed E-state index contributed by atoms with van der Waals surface area (Å²) < 4.78 is 5.10. The predicted octanol–water partition coefficient (Wildman–Crippen LogP) is 3.51. The zero-order chi connectivity index (χ0) is 15.5. The first-order valence-corrected chi connectivity index (χ1v) is 7.03. The third-order valence-electron chi connectivity index (χ3n) is 3.63. The first-order valence-electron chi connectivity index (χ1n) is 7.03. The van der Waals surface area contributed by atoms with Crippen molar-refractivity contribution in [2.45, 2.75) is 12.5 Å². The van der Waals surface area contributed by atoms with E-state index in [0.717, 1.165) is 22.2 Å². The lowest BCUT2D eigenvalue weighted by Gasteiger charge is -2.26. The number of hydrogen-bond donors (Lipinski definition) is 1. The number of allylic oxidation sites excluding steroid dienone is 1. The fourth-order valence-electron chi connectivity index (χ4n) is 2.57. The van der Waals surface area contributed by atoms with Crippen LogP contribution in [-0.4, -0.2) is 17.1 Å². The summed E-state index contributed by atoms with van der Waals surface area (Å²) in [6.45, 7) is 7.47. The van der Waals surface area contributed by atoms with Crippen LogP contribution in [0.15, 0.2) is 73.0 Å². The number of carbonyl (C=O) groups is 1. The van der Waals surface area contributed by atoms with E-state index in [1.165, 1.54) is 6.08 Å². The number of hydrogen-bond acceptors (Lipinski definition) is 3. The molecule has 4 heteroatoms. The minimum absolute atomic E-state index is 0.222. The van der Waals surface area contributed by atoms with Crippen LogP contribution in [0.5, 0.6) is 0 Å². The number of carbonyl (C=O) groups excluding carboxylic acids is 1. The molecule has 0 saturated heterocycles. The minimum Gasteiger partial charge on any atom is -0.410 e. The maximum atomic E-state index is 11.6. The van der Waals surface area contributed by atoms with Crippen LogP contribution in [-0.2, 0) is 11.2 Å². The van der Waals surface area contributed by atoms with Gasteiger partial charge in [0.1, 0.15) is 5.76 Å². The molecule has 3 rings (SSSR count).